The van der Waals surface area contributed by atoms with Crippen LogP contribution in [0.2, 0.25) is 0 Å². The number of carboxylic acids is 1. The minimum absolute atomic E-state index is 0.0764. The summed E-state index contributed by atoms with van der Waals surface area (Å²) in [6.07, 6.45) is 0. The summed E-state index contributed by atoms with van der Waals surface area (Å²) in [5.74, 6) is -2.01. The molecule has 1 aromatic rings. The quantitative estimate of drug-likeness (QED) is 0.586. The fraction of sp³-hybridized carbons (Fsp3) is 0.333. The van der Waals surface area contributed by atoms with Crippen LogP contribution >= 0.6 is 0 Å². The van der Waals surface area contributed by atoms with Crippen LogP contribution in [0.3, 0.4) is 0 Å². The first-order valence-electron chi connectivity index (χ1n) is 5.90. The lowest BCUT2D eigenvalue weighted by Gasteiger charge is -2.36. The van der Waals surface area contributed by atoms with Crippen molar-refractivity contribution in [1.82, 2.24) is 4.90 Å². The predicted octanol–water partition coefficient (Wildman–Crippen LogP) is 0.210. The monoisotopic (exact) mass is 279 g/mol. The Labute approximate surface area is 113 Å². The minimum atomic E-state index is -0.861. The fourth-order valence-corrected chi connectivity index (χ4v) is 2.12. The van der Waals surface area contributed by atoms with Gasteiger partial charge in [0.25, 0.3) is 5.69 Å². The summed E-state index contributed by atoms with van der Waals surface area (Å²) in [6.45, 7) is 1.01. The van der Waals surface area contributed by atoms with Crippen LogP contribution in [-0.2, 0) is 11.3 Å². The Morgan fingerprint density at radius 1 is 1.45 bits per heavy atom. The number of amides is 1. The number of rotatable bonds is 5. The largest absolute Gasteiger partial charge is 0.481 e. The van der Waals surface area contributed by atoms with E-state index in [4.69, 9.17) is 10.8 Å². The van der Waals surface area contributed by atoms with Gasteiger partial charge in [0.1, 0.15) is 0 Å². The van der Waals surface area contributed by atoms with Crippen molar-refractivity contribution in [1.29, 1.82) is 0 Å². The third-order valence-electron chi connectivity index (χ3n) is 3.27. The smallest absolute Gasteiger partial charge is 0.309 e. The van der Waals surface area contributed by atoms with Crippen molar-refractivity contribution >= 4 is 17.6 Å². The average molecular weight is 279 g/mol. The lowest BCUT2D eigenvalue weighted by atomic mass is 9.99. The second-order valence-corrected chi connectivity index (χ2v) is 4.69. The van der Waals surface area contributed by atoms with Crippen molar-refractivity contribution in [3.8, 4) is 0 Å². The third-order valence-corrected chi connectivity index (χ3v) is 3.27. The molecule has 1 aliphatic heterocycles. The standard InChI is InChI=1S/C12H13N3O5/c13-11(16)7-1-2-8(10(3-7)15(19)20)4-14-5-9(6-14)12(17)18/h1-3,9H,4-6H2,(H2,13,16)(H,17,18). The molecule has 0 aromatic heterocycles. The maximum absolute atomic E-state index is 11.0. The normalized spacial score (nSPS) is 15.6. The molecule has 1 fully saturated rings. The first-order valence-corrected chi connectivity index (χ1v) is 5.90. The Morgan fingerprint density at radius 3 is 2.60 bits per heavy atom. The Bertz CT molecular complexity index is 580. The number of nitrogens with two attached hydrogens (primary N) is 1. The minimum Gasteiger partial charge on any atom is -0.481 e. The van der Waals surface area contributed by atoms with Gasteiger partial charge in [-0.2, -0.15) is 0 Å². The summed E-state index contributed by atoms with van der Waals surface area (Å²) in [4.78, 5) is 33.9. The zero-order valence-electron chi connectivity index (χ0n) is 10.5. The van der Waals surface area contributed by atoms with Gasteiger partial charge in [-0.25, -0.2) is 0 Å². The van der Waals surface area contributed by atoms with E-state index < -0.39 is 22.7 Å². The van der Waals surface area contributed by atoms with Crippen LogP contribution in [0.5, 0.6) is 0 Å². The maximum Gasteiger partial charge on any atom is 0.309 e. The number of hydrogen-bond acceptors (Lipinski definition) is 5. The summed E-state index contributed by atoms with van der Waals surface area (Å²) in [7, 11) is 0. The van der Waals surface area contributed by atoms with E-state index in [1.165, 1.54) is 12.1 Å². The molecule has 1 aromatic carbocycles. The molecule has 1 aliphatic rings. The Kier molecular flexibility index (Phi) is 3.66. The van der Waals surface area contributed by atoms with Gasteiger partial charge in [0.2, 0.25) is 5.91 Å². The molecule has 8 heteroatoms. The van der Waals surface area contributed by atoms with Gasteiger partial charge < -0.3 is 10.8 Å². The molecule has 106 valence electrons. The van der Waals surface area contributed by atoms with Crippen molar-refractivity contribution in [2.24, 2.45) is 11.7 Å². The molecule has 20 heavy (non-hydrogen) atoms. The number of carbonyl (C=O) groups excluding carboxylic acids is 1. The number of primary amides is 1. The zero-order chi connectivity index (χ0) is 14.9. The number of nitro benzene ring substituents is 1. The Hall–Kier alpha value is -2.48. The first-order chi connectivity index (χ1) is 9.38. The molecule has 1 amide bonds. The van der Waals surface area contributed by atoms with Gasteiger partial charge in [-0.05, 0) is 6.07 Å². The van der Waals surface area contributed by atoms with Crippen LogP contribution in [0.1, 0.15) is 15.9 Å². The number of likely N-dealkylation sites (tertiary alicyclic amines) is 1. The molecule has 0 unspecified atom stereocenters. The van der Waals surface area contributed by atoms with Gasteiger partial charge in [-0.1, -0.05) is 6.07 Å². The second-order valence-electron chi connectivity index (χ2n) is 4.69. The Balaban J connectivity index is 2.14. The molecule has 0 bridgehead atoms. The number of carboxylic acid groups (broad SMARTS) is 1. The highest BCUT2D eigenvalue weighted by Crippen LogP contribution is 2.25. The first kappa shape index (κ1) is 13.9. The number of aliphatic carboxylic acids is 1. The summed E-state index contributed by atoms with van der Waals surface area (Å²) >= 11 is 0. The highest BCUT2D eigenvalue weighted by Gasteiger charge is 2.33. The average Bonchev–Trinajstić information content (AvgIpc) is 2.32. The number of benzene rings is 1. The van der Waals surface area contributed by atoms with E-state index in [0.717, 1.165) is 6.07 Å². The van der Waals surface area contributed by atoms with Gasteiger partial charge in [0.15, 0.2) is 0 Å². The lowest BCUT2D eigenvalue weighted by Crippen LogP contribution is -2.49. The van der Waals surface area contributed by atoms with E-state index >= 15 is 0 Å². The molecule has 0 radical (unpaired) electrons. The third kappa shape index (κ3) is 2.75. The number of hydrogen-bond donors (Lipinski definition) is 2. The van der Waals surface area contributed by atoms with Gasteiger partial charge >= 0.3 is 5.97 Å². The lowest BCUT2D eigenvalue weighted by molar-refractivity contribution is -0.385. The molecular weight excluding hydrogens is 266 g/mol. The fourth-order valence-electron chi connectivity index (χ4n) is 2.12. The molecule has 0 aliphatic carbocycles. The van der Waals surface area contributed by atoms with Gasteiger partial charge in [0, 0.05) is 36.8 Å². The van der Waals surface area contributed by atoms with Gasteiger partial charge in [-0.3, -0.25) is 24.6 Å². The van der Waals surface area contributed by atoms with E-state index in [0.29, 0.717) is 18.7 Å². The number of nitro groups is 1. The molecule has 3 N–H and O–H groups in total. The molecule has 1 heterocycles. The summed E-state index contributed by atoms with van der Waals surface area (Å²) in [5.41, 5.74) is 5.42. The summed E-state index contributed by atoms with van der Waals surface area (Å²) in [6, 6.07) is 4.05. The Morgan fingerprint density at radius 2 is 2.10 bits per heavy atom. The molecule has 1 saturated heterocycles. The molecule has 0 spiro atoms. The molecular formula is C12H13N3O5. The van der Waals surface area contributed by atoms with Crippen LogP contribution in [0.15, 0.2) is 18.2 Å². The van der Waals surface area contributed by atoms with Crippen LogP contribution in [0.4, 0.5) is 5.69 Å². The van der Waals surface area contributed by atoms with Gasteiger partial charge in [-0.15, -0.1) is 0 Å². The SMILES string of the molecule is NC(=O)c1ccc(CN2CC(C(=O)O)C2)c([N+](=O)[O-])c1. The molecule has 2 rings (SSSR count). The van der Waals surface area contributed by atoms with E-state index in [1.54, 1.807) is 4.90 Å². The van der Waals surface area contributed by atoms with E-state index in [-0.39, 0.29) is 17.8 Å². The topological polar surface area (TPSA) is 127 Å². The number of carbonyl (C=O) groups is 2. The maximum atomic E-state index is 11.0. The highest BCUT2D eigenvalue weighted by atomic mass is 16.6. The van der Waals surface area contributed by atoms with E-state index in [1.807, 2.05) is 0 Å². The predicted molar refractivity (Wildman–Crippen MR) is 68.0 cm³/mol. The summed E-state index contributed by atoms with van der Waals surface area (Å²) in [5, 5.41) is 19.8. The zero-order valence-corrected chi connectivity index (χ0v) is 10.5. The van der Waals surface area contributed by atoms with Gasteiger partial charge in [0.05, 0.1) is 10.8 Å². The van der Waals surface area contributed by atoms with Crippen molar-refractivity contribution < 1.29 is 19.6 Å². The number of nitrogens with zero attached hydrogens (tertiary/aromatic N) is 2. The molecule has 0 atom stereocenters. The van der Waals surface area contributed by atoms with Crippen molar-refractivity contribution in [2.75, 3.05) is 13.1 Å². The molecule has 8 nitrogen and oxygen atoms in total. The molecule has 0 saturated carbocycles. The second kappa shape index (κ2) is 5.25. The van der Waals surface area contributed by atoms with E-state index in [2.05, 4.69) is 0 Å². The van der Waals surface area contributed by atoms with Crippen molar-refractivity contribution in [3.63, 3.8) is 0 Å². The van der Waals surface area contributed by atoms with Crippen LogP contribution in [-0.4, -0.2) is 39.9 Å². The highest BCUT2D eigenvalue weighted by molar-refractivity contribution is 5.93. The van der Waals surface area contributed by atoms with Crippen LogP contribution < -0.4 is 5.73 Å². The van der Waals surface area contributed by atoms with Crippen LogP contribution in [0, 0.1) is 16.0 Å². The van der Waals surface area contributed by atoms with E-state index in [9.17, 15) is 19.7 Å². The van der Waals surface area contributed by atoms with Crippen LogP contribution in [0.25, 0.3) is 0 Å². The van der Waals surface area contributed by atoms with Crippen molar-refractivity contribution in [2.45, 2.75) is 6.54 Å². The summed E-state index contributed by atoms with van der Waals surface area (Å²) < 4.78 is 0. The van der Waals surface area contributed by atoms with Crippen molar-refractivity contribution in [3.05, 3.63) is 39.4 Å².